The molecule has 0 bridgehead atoms. The molecule has 2 aliphatic heterocycles. The third kappa shape index (κ3) is 4.44. The number of rotatable bonds is 5. The maximum atomic E-state index is 12.5. The van der Waals surface area contributed by atoms with Gasteiger partial charge in [0.25, 0.3) is 0 Å². The van der Waals surface area contributed by atoms with Gasteiger partial charge in [-0.05, 0) is 12.8 Å². The summed E-state index contributed by atoms with van der Waals surface area (Å²) in [6.07, 6.45) is 14.2. The van der Waals surface area contributed by atoms with Crippen molar-refractivity contribution in [2.24, 2.45) is 0 Å². The summed E-state index contributed by atoms with van der Waals surface area (Å²) < 4.78 is 14.1. The second-order valence-corrected chi connectivity index (χ2v) is 7.24. The van der Waals surface area contributed by atoms with E-state index in [1.54, 1.807) is 31.1 Å². The van der Waals surface area contributed by atoms with Gasteiger partial charge in [-0.3, -0.25) is 9.78 Å². The number of amides is 1. The molecule has 2 aromatic heterocycles. The quantitative estimate of drug-likeness (QED) is 0.795. The van der Waals surface area contributed by atoms with Gasteiger partial charge < -0.3 is 18.9 Å². The summed E-state index contributed by atoms with van der Waals surface area (Å²) in [5.74, 6) is 0.758. The van der Waals surface area contributed by atoms with Crippen molar-refractivity contribution in [2.45, 2.75) is 50.4 Å². The Morgan fingerprint density at radius 1 is 1.26 bits per heavy atom. The predicted molar refractivity (Wildman–Crippen MR) is 97.0 cm³/mol. The first kappa shape index (κ1) is 17.9. The van der Waals surface area contributed by atoms with Gasteiger partial charge in [0.15, 0.2) is 0 Å². The normalized spacial score (nSPS) is 21.9. The van der Waals surface area contributed by atoms with Crippen LogP contribution in [0.5, 0.6) is 5.88 Å². The molecule has 0 aliphatic carbocycles. The first-order chi connectivity index (χ1) is 13.2. The summed E-state index contributed by atoms with van der Waals surface area (Å²) in [6.45, 7) is 2.83. The highest BCUT2D eigenvalue weighted by molar-refractivity contribution is 5.76. The fourth-order valence-corrected chi connectivity index (χ4v) is 3.91. The van der Waals surface area contributed by atoms with Crippen LogP contribution < -0.4 is 4.74 Å². The van der Waals surface area contributed by atoms with E-state index in [4.69, 9.17) is 9.47 Å². The Labute approximate surface area is 158 Å². The van der Waals surface area contributed by atoms with Crippen molar-refractivity contribution in [3.05, 3.63) is 37.3 Å². The van der Waals surface area contributed by atoms with Crippen molar-refractivity contribution in [2.75, 3.05) is 19.7 Å². The van der Waals surface area contributed by atoms with Crippen LogP contribution in [-0.4, -0.2) is 61.7 Å². The maximum Gasteiger partial charge on any atom is 0.232 e. The third-order valence-corrected chi connectivity index (χ3v) is 5.45. The number of imidazole rings is 1. The Hall–Kier alpha value is -2.48. The lowest BCUT2D eigenvalue weighted by molar-refractivity contribution is -0.151. The number of nitrogens with zero attached hydrogens (tertiary/aromatic N) is 5. The number of likely N-dealkylation sites (tertiary alicyclic amines) is 1. The van der Waals surface area contributed by atoms with Crippen molar-refractivity contribution in [3.8, 4) is 5.88 Å². The van der Waals surface area contributed by atoms with Gasteiger partial charge in [0.2, 0.25) is 11.8 Å². The Balaban J connectivity index is 1.27. The molecule has 2 saturated heterocycles. The van der Waals surface area contributed by atoms with E-state index in [0.29, 0.717) is 25.5 Å². The summed E-state index contributed by atoms with van der Waals surface area (Å²) >= 11 is 0. The minimum Gasteiger partial charge on any atom is -0.473 e. The van der Waals surface area contributed by atoms with E-state index in [-0.39, 0.29) is 17.6 Å². The Morgan fingerprint density at radius 2 is 2.15 bits per heavy atom. The largest absolute Gasteiger partial charge is 0.473 e. The maximum absolute atomic E-state index is 12.5. The molecule has 0 N–H and O–H groups in total. The Bertz CT molecular complexity index is 729. The third-order valence-electron chi connectivity index (χ3n) is 5.45. The average Bonchev–Trinajstić information content (AvgIpc) is 3.21. The van der Waals surface area contributed by atoms with Gasteiger partial charge in [-0.1, -0.05) is 0 Å². The molecular formula is C19H25N5O3. The van der Waals surface area contributed by atoms with E-state index in [1.165, 1.54) is 0 Å². The molecule has 1 amide bonds. The molecule has 2 aliphatic rings. The smallest absolute Gasteiger partial charge is 0.232 e. The summed E-state index contributed by atoms with van der Waals surface area (Å²) in [5, 5.41) is 0. The number of carbonyl (C=O) groups excluding carboxylic acids is 1. The molecule has 8 heteroatoms. The van der Waals surface area contributed by atoms with Crippen LogP contribution in [0, 0.1) is 0 Å². The molecule has 8 nitrogen and oxygen atoms in total. The van der Waals surface area contributed by atoms with Crippen LogP contribution in [0.4, 0.5) is 0 Å². The summed E-state index contributed by atoms with van der Waals surface area (Å²) in [6, 6.07) is 0. The second kappa shape index (κ2) is 8.04. The van der Waals surface area contributed by atoms with Crippen molar-refractivity contribution in [1.82, 2.24) is 24.4 Å². The number of hydrogen-bond acceptors (Lipinski definition) is 6. The van der Waals surface area contributed by atoms with Crippen LogP contribution in [0.15, 0.2) is 37.3 Å². The zero-order valence-corrected chi connectivity index (χ0v) is 15.4. The minimum absolute atomic E-state index is 0.0824. The zero-order valence-electron chi connectivity index (χ0n) is 15.4. The fraction of sp³-hybridized carbons (Fsp3) is 0.579. The van der Waals surface area contributed by atoms with Crippen LogP contribution in [0.2, 0.25) is 0 Å². The lowest BCUT2D eigenvalue weighted by atomic mass is 9.83. The molecule has 2 fully saturated rings. The average molecular weight is 371 g/mol. The molecule has 144 valence electrons. The van der Waals surface area contributed by atoms with E-state index in [2.05, 4.69) is 15.0 Å². The lowest BCUT2D eigenvalue weighted by Gasteiger charge is -2.45. The van der Waals surface area contributed by atoms with Gasteiger partial charge in [-0.25, -0.2) is 9.97 Å². The SMILES string of the molecule is O=C(CCn1ccnc1)N1CCC2(CC1)CC(Oc1cnccn1)CCO2. The second-order valence-electron chi connectivity index (χ2n) is 7.24. The molecule has 0 radical (unpaired) electrons. The van der Waals surface area contributed by atoms with Crippen LogP contribution in [0.3, 0.4) is 0 Å². The molecule has 1 atom stereocenters. The summed E-state index contributed by atoms with van der Waals surface area (Å²) in [5.41, 5.74) is -0.188. The van der Waals surface area contributed by atoms with E-state index >= 15 is 0 Å². The zero-order chi connectivity index (χ0) is 18.5. The van der Waals surface area contributed by atoms with E-state index in [9.17, 15) is 4.79 Å². The van der Waals surface area contributed by atoms with Gasteiger partial charge >= 0.3 is 0 Å². The standard InChI is InChI=1S/C19H25N5O3/c25-18(1-8-23-11-7-21-15-23)24-9-3-19(4-10-24)13-16(2-12-26-19)27-17-14-20-5-6-22-17/h5-7,11,14-16H,1-4,8-10,12-13H2. The molecular weight excluding hydrogens is 346 g/mol. The van der Waals surface area contributed by atoms with Gasteiger partial charge in [0.05, 0.1) is 24.7 Å². The number of aryl methyl sites for hydroxylation is 1. The molecule has 1 spiro atoms. The highest BCUT2D eigenvalue weighted by Crippen LogP contribution is 2.36. The molecule has 1 unspecified atom stereocenters. The van der Waals surface area contributed by atoms with Crippen LogP contribution >= 0.6 is 0 Å². The number of ether oxygens (including phenoxy) is 2. The molecule has 27 heavy (non-hydrogen) atoms. The topological polar surface area (TPSA) is 82.4 Å². The Kier molecular flexibility index (Phi) is 5.33. The molecule has 4 heterocycles. The highest BCUT2D eigenvalue weighted by Gasteiger charge is 2.41. The Morgan fingerprint density at radius 3 is 2.89 bits per heavy atom. The number of piperidine rings is 1. The molecule has 0 aromatic carbocycles. The first-order valence-corrected chi connectivity index (χ1v) is 9.53. The summed E-state index contributed by atoms with van der Waals surface area (Å²) in [4.78, 5) is 26.7. The van der Waals surface area contributed by atoms with Gasteiger partial charge in [0, 0.05) is 63.7 Å². The lowest BCUT2D eigenvalue weighted by Crippen LogP contribution is -2.52. The molecule has 2 aromatic rings. The van der Waals surface area contributed by atoms with Crippen LogP contribution in [0.25, 0.3) is 0 Å². The highest BCUT2D eigenvalue weighted by atomic mass is 16.5. The fourth-order valence-electron chi connectivity index (χ4n) is 3.91. The monoisotopic (exact) mass is 371 g/mol. The number of carbonyl (C=O) groups is 1. The molecule has 0 saturated carbocycles. The van der Waals surface area contributed by atoms with Crippen molar-refractivity contribution < 1.29 is 14.3 Å². The first-order valence-electron chi connectivity index (χ1n) is 9.53. The van der Waals surface area contributed by atoms with Gasteiger partial charge in [-0.2, -0.15) is 0 Å². The number of hydrogen-bond donors (Lipinski definition) is 0. The van der Waals surface area contributed by atoms with E-state index in [1.807, 2.05) is 15.7 Å². The van der Waals surface area contributed by atoms with Gasteiger partial charge in [-0.15, -0.1) is 0 Å². The number of aromatic nitrogens is 4. The van der Waals surface area contributed by atoms with E-state index in [0.717, 1.165) is 38.8 Å². The predicted octanol–water partition coefficient (Wildman–Crippen LogP) is 1.68. The van der Waals surface area contributed by atoms with E-state index < -0.39 is 0 Å². The van der Waals surface area contributed by atoms with Crippen molar-refractivity contribution >= 4 is 5.91 Å². The molecule has 4 rings (SSSR count). The van der Waals surface area contributed by atoms with Gasteiger partial charge in [0.1, 0.15) is 6.10 Å². The van der Waals surface area contributed by atoms with Crippen LogP contribution in [-0.2, 0) is 16.1 Å². The van der Waals surface area contributed by atoms with Crippen molar-refractivity contribution in [3.63, 3.8) is 0 Å². The summed E-state index contributed by atoms with van der Waals surface area (Å²) in [7, 11) is 0. The minimum atomic E-state index is -0.188. The van der Waals surface area contributed by atoms with Crippen LogP contribution in [0.1, 0.15) is 32.1 Å². The van der Waals surface area contributed by atoms with Crippen molar-refractivity contribution in [1.29, 1.82) is 0 Å².